The topological polar surface area (TPSA) is 18.8 Å². The second-order valence-corrected chi connectivity index (χ2v) is 7.49. The third-order valence-corrected chi connectivity index (χ3v) is 5.57. The molecule has 2 aliphatic rings. The summed E-state index contributed by atoms with van der Waals surface area (Å²) in [5, 5.41) is 5.30. The Morgan fingerprint density at radius 2 is 1.81 bits per heavy atom. The molecule has 0 bridgehead atoms. The van der Waals surface area contributed by atoms with Crippen molar-refractivity contribution in [2.45, 2.75) is 26.4 Å². The van der Waals surface area contributed by atoms with Crippen LogP contribution in [0.5, 0.6) is 0 Å². The Kier molecular flexibility index (Phi) is 4.81. The minimum atomic E-state index is -0.235. The number of halogens is 3. The molecule has 2 aromatic rings. The number of allylic oxidation sites excluding steroid dienone is 1. The minimum Gasteiger partial charge on any atom is -0.263 e. The average molecular weight is 402 g/mol. The van der Waals surface area contributed by atoms with Crippen molar-refractivity contribution >= 4 is 34.5 Å². The van der Waals surface area contributed by atoms with E-state index in [-0.39, 0.29) is 11.9 Å². The Hall–Kier alpha value is -2.14. The Labute approximate surface area is 168 Å². The summed E-state index contributed by atoms with van der Waals surface area (Å²) in [6.45, 7) is 4.74. The smallest absolute Gasteiger partial charge is 0.152 e. The molecule has 1 atom stereocenters. The number of hydrogen-bond acceptors (Lipinski definition) is 3. The van der Waals surface area contributed by atoms with Crippen LogP contribution in [-0.2, 0) is 6.54 Å². The second kappa shape index (κ2) is 7.12. The van der Waals surface area contributed by atoms with Gasteiger partial charge in [0.25, 0.3) is 0 Å². The maximum Gasteiger partial charge on any atom is 0.152 e. The van der Waals surface area contributed by atoms with Crippen LogP contribution in [-0.4, -0.2) is 21.8 Å². The van der Waals surface area contributed by atoms with E-state index in [9.17, 15) is 4.39 Å². The second-order valence-electron chi connectivity index (χ2n) is 6.68. The molecular weight excluding hydrogens is 384 g/mol. The molecule has 0 spiro atoms. The summed E-state index contributed by atoms with van der Waals surface area (Å²) in [4.78, 5) is 4.77. The largest absolute Gasteiger partial charge is 0.263 e. The molecule has 0 saturated carbocycles. The fourth-order valence-electron chi connectivity index (χ4n) is 3.44. The normalized spacial score (nSPS) is 19.5. The number of fused-ring (bicyclic) bond motifs is 1. The van der Waals surface area contributed by atoms with E-state index < -0.39 is 0 Å². The maximum absolute atomic E-state index is 13.3. The Balaban J connectivity index is 1.75. The molecule has 3 nitrogen and oxygen atoms in total. The summed E-state index contributed by atoms with van der Waals surface area (Å²) in [7, 11) is 0. The lowest BCUT2D eigenvalue weighted by molar-refractivity contribution is 0.0469. The minimum absolute atomic E-state index is 0.0570. The van der Waals surface area contributed by atoms with E-state index in [1.54, 1.807) is 12.1 Å². The SMILES string of the molecule is CC1=NC2=C(c3ccc(Cl)c(Cl)c3)C(C)N(Cc3ccc(F)cc3)N2C=C1. The van der Waals surface area contributed by atoms with Crippen LogP contribution in [0.2, 0.25) is 10.0 Å². The van der Waals surface area contributed by atoms with Gasteiger partial charge in [-0.15, -0.1) is 0 Å². The summed E-state index contributed by atoms with van der Waals surface area (Å²) in [5.41, 5.74) is 4.04. The molecule has 138 valence electrons. The van der Waals surface area contributed by atoms with Crippen LogP contribution in [0.3, 0.4) is 0 Å². The zero-order valence-electron chi connectivity index (χ0n) is 15.0. The van der Waals surface area contributed by atoms with Crippen LogP contribution >= 0.6 is 23.2 Å². The highest BCUT2D eigenvalue weighted by Gasteiger charge is 2.37. The fraction of sp³-hybridized carbons (Fsp3) is 0.190. The molecule has 0 aromatic heterocycles. The molecule has 0 saturated heterocycles. The van der Waals surface area contributed by atoms with Crippen LogP contribution in [0.1, 0.15) is 25.0 Å². The van der Waals surface area contributed by atoms with Crippen LogP contribution in [0, 0.1) is 5.82 Å². The van der Waals surface area contributed by atoms with Gasteiger partial charge < -0.3 is 0 Å². The highest BCUT2D eigenvalue weighted by Crippen LogP contribution is 2.40. The summed E-state index contributed by atoms with van der Waals surface area (Å²) < 4.78 is 13.3. The number of benzene rings is 2. The third kappa shape index (κ3) is 3.41. The zero-order chi connectivity index (χ0) is 19.1. The van der Waals surface area contributed by atoms with Gasteiger partial charge in [0.2, 0.25) is 0 Å². The van der Waals surface area contributed by atoms with Gasteiger partial charge in [0.05, 0.1) is 16.1 Å². The zero-order valence-corrected chi connectivity index (χ0v) is 16.5. The van der Waals surface area contributed by atoms with E-state index >= 15 is 0 Å². The quantitative estimate of drug-likeness (QED) is 0.636. The van der Waals surface area contributed by atoms with E-state index in [0.717, 1.165) is 28.2 Å². The number of hydrazine groups is 1. The predicted molar refractivity (Wildman–Crippen MR) is 109 cm³/mol. The molecule has 6 heteroatoms. The summed E-state index contributed by atoms with van der Waals surface area (Å²) in [5.74, 6) is 0.643. The Morgan fingerprint density at radius 3 is 2.52 bits per heavy atom. The Bertz CT molecular complexity index is 979. The molecular formula is C21H18Cl2FN3. The van der Waals surface area contributed by atoms with E-state index in [1.165, 1.54) is 12.1 Å². The standard InChI is InChI=1S/C21H18Cl2FN3/c1-13-9-10-26-21(25-13)20(16-5-8-18(22)19(23)11-16)14(2)27(26)12-15-3-6-17(24)7-4-15/h3-11,14H,12H2,1-2H3. The lowest BCUT2D eigenvalue weighted by Gasteiger charge is -2.32. The van der Waals surface area contributed by atoms with Crippen LogP contribution in [0.15, 0.2) is 65.6 Å². The first-order chi connectivity index (χ1) is 12.9. The van der Waals surface area contributed by atoms with E-state index in [0.29, 0.717) is 16.6 Å². The molecule has 1 unspecified atom stereocenters. The van der Waals surface area contributed by atoms with Crippen LogP contribution < -0.4 is 0 Å². The van der Waals surface area contributed by atoms with Gasteiger partial charge >= 0.3 is 0 Å². The van der Waals surface area contributed by atoms with Crippen molar-refractivity contribution in [3.8, 4) is 0 Å². The van der Waals surface area contributed by atoms with Crippen molar-refractivity contribution in [3.05, 3.63) is 87.6 Å². The predicted octanol–water partition coefficient (Wildman–Crippen LogP) is 5.91. The van der Waals surface area contributed by atoms with Gasteiger partial charge in [0, 0.05) is 24.0 Å². The van der Waals surface area contributed by atoms with Gasteiger partial charge in [-0.3, -0.25) is 5.01 Å². The average Bonchev–Trinajstić information content (AvgIpc) is 2.90. The van der Waals surface area contributed by atoms with Crippen molar-refractivity contribution in [2.75, 3.05) is 0 Å². The number of nitrogens with zero attached hydrogens (tertiary/aromatic N) is 3. The highest BCUT2D eigenvalue weighted by atomic mass is 35.5. The summed E-state index contributed by atoms with van der Waals surface area (Å²) in [6.07, 6.45) is 3.99. The molecule has 0 fully saturated rings. The van der Waals surface area contributed by atoms with Gasteiger partial charge in [-0.1, -0.05) is 41.4 Å². The first-order valence-electron chi connectivity index (χ1n) is 8.67. The molecule has 2 heterocycles. The monoisotopic (exact) mass is 401 g/mol. The van der Waals surface area contributed by atoms with Gasteiger partial charge in [0.1, 0.15) is 5.82 Å². The summed E-state index contributed by atoms with van der Waals surface area (Å²) in [6, 6.07) is 12.3. The van der Waals surface area contributed by atoms with Gasteiger partial charge in [-0.05, 0) is 55.3 Å². The molecule has 4 rings (SSSR count). The van der Waals surface area contributed by atoms with Crippen molar-refractivity contribution in [1.82, 2.24) is 10.0 Å². The van der Waals surface area contributed by atoms with E-state index in [4.69, 9.17) is 28.2 Å². The van der Waals surface area contributed by atoms with E-state index in [1.807, 2.05) is 37.4 Å². The maximum atomic E-state index is 13.3. The number of aliphatic imine (C=N–C) groups is 1. The highest BCUT2D eigenvalue weighted by molar-refractivity contribution is 6.42. The summed E-state index contributed by atoms with van der Waals surface area (Å²) >= 11 is 12.4. The van der Waals surface area contributed by atoms with Gasteiger partial charge in [-0.25, -0.2) is 14.4 Å². The van der Waals surface area contributed by atoms with Crippen molar-refractivity contribution in [3.63, 3.8) is 0 Å². The molecule has 2 aromatic carbocycles. The fourth-order valence-corrected chi connectivity index (χ4v) is 3.74. The Morgan fingerprint density at radius 1 is 1.07 bits per heavy atom. The molecule has 0 N–H and O–H groups in total. The number of rotatable bonds is 3. The first-order valence-corrected chi connectivity index (χ1v) is 9.43. The first kappa shape index (κ1) is 18.2. The molecule has 0 aliphatic carbocycles. The molecule has 2 aliphatic heterocycles. The van der Waals surface area contributed by atoms with Crippen molar-refractivity contribution in [2.24, 2.45) is 4.99 Å². The van der Waals surface area contributed by atoms with E-state index in [2.05, 4.69) is 16.9 Å². The van der Waals surface area contributed by atoms with Crippen molar-refractivity contribution < 1.29 is 4.39 Å². The number of hydrogen-bond donors (Lipinski definition) is 0. The van der Waals surface area contributed by atoms with Gasteiger partial charge in [0.15, 0.2) is 5.82 Å². The lowest BCUT2D eigenvalue weighted by Crippen LogP contribution is -2.38. The molecule has 0 amide bonds. The molecule has 27 heavy (non-hydrogen) atoms. The lowest BCUT2D eigenvalue weighted by atomic mass is 10.00. The van der Waals surface area contributed by atoms with Gasteiger partial charge in [-0.2, -0.15) is 0 Å². The van der Waals surface area contributed by atoms with Crippen LogP contribution in [0.4, 0.5) is 4.39 Å². The third-order valence-electron chi connectivity index (χ3n) is 4.83. The van der Waals surface area contributed by atoms with Crippen molar-refractivity contribution in [1.29, 1.82) is 0 Å². The molecule has 0 radical (unpaired) electrons. The van der Waals surface area contributed by atoms with Crippen LogP contribution in [0.25, 0.3) is 5.57 Å².